The van der Waals surface area contributed by atoms with Crippen LogP contribution in [0.5, 0.6) is 5.75 Å². The predicted molar refractivity (Wildman–Crippen MR) is 109 cm³/mol. The summed E-state index contributed by atoms with van der Waals surface area (Å²) in [5, 5.41) is 11.9. The van der Waals surface area contributed by atoms with Crippen LogP contribution in [0, 0.1) is 5.92 Å². The van der Waals surface area contributed by atoms with Crippen molar-refractivity contribution >= 4 is 23.7 Å². The van der Waals surface area contributed by atoms with Gasteiger partial charge < -0.3 is 15.2 Å². The zero-order valence-corrected chi connectivity index (χ0v) is 16.7. The van der Waals surface area contributed by atoms with Crippen molar-refractivity contribution in [3.05, 3.63) is 35.5 Å². The zero-order valence-electron chi connectivity index (χ0n) is 16.7. The van der Waals surface area contributed by atoms with Gasteiger partial charge in [0.15, 0.2) is 11.9 Å². The molecule has 2 aliphatic carbocycles. The average Bonchev–Trinajstić information content (AvgIpc) is 3.23. The highest BCUT2D eigenvalue weighted by molar-refractivity contribution is 5.96. The van der Waals surface area contributed by atoms with E-state index < -0.39 is 5.97 Å². The molecule has 2 N–H and O–H groups in total. The third-order valence-corrected chi connectivity index (χ3v) is 5.73. The summed E-state index contributed by atoms with van der Waals surface area (Å²) in [6.45, 7) is 0. The Morgan fingerprint density at radius 2 is 1.76 bits per heavy atom. The zero-order chi connectivity index (χ0) is 20.6. The molecule has 29 heavy (non-hydrogen) atoms. The second-order valence-corrected chi connectivity index (χ2v) is 7.99. The number of benzene rings is 1. The molecule has 0 aromatic heterocycles. The average molecular weight is 399 g/mol. The summed E-state index contributed by atoms with van der Waals surface area (Å²) in [6.07, 6.45) is 10.2. The molecule has 0 spiro atoms. The van der Waals surface area contributed by atoms with E-state index in [-0.39, 0.29) is 23.5 Å². The molecule has 0 aliphatic heterocycles. The SMILES string of the molecule is O=C(CCC1CCCC1)NC(=Cc1ccc(OC2CCCCC2=O)cc1)C(=O)O. The maximum Gasteiger partial charge on any atom is 0.352 e. The highest BCUT2D eigenvalue weighted by Gasteiger charge is 2.23. The molecule has 2 saturated carbocycles. The van der Waals surface area contributed by atoms with E-state index in [4.69, 9.17) is 4.74 Å². The Labute approximate surface area is 171 Å². The molecule has 6 nitrogen and oxygen atoms in total. The third-order valence-electron chi connectivity index (χ3n) is 5.73. The van der Waals surface area contributed by atoms with Crippen LogP contribution in [0.25, 0.3) is 6.08 Å². The molecule has 0 radical (unpaired) electrons. The van der Waals surface area contributed by atoms with E-state index in [0.29, 0.717) is 30.1 Å². The molecule has 6 heteroatoms. The van der Waals surface area contributed by atoms with Crippen LogP contribution in [0.15, 0.2) is 30.0 Å². The first-order valence-corrected chi connectivity index (χ1v) is 10.6. The van der Waals surface area contributed by atoms with Crippen molar-refractivity contribution in [1.82, 2.24) is 5.32 Å². The van der Waals surface area contributed by atoms with Crippen molar-refractivity contribution < 1.29 is 24.2 Å². The van der Waals surface area contributed by atoms with E-state index >= 15 is 0 Å². The Bertz CT molecular complexity index is 762. The first-order valence-electron chi connectivity index (χ1n) is 10.6. The van der Waals surface area contributed by atoms with Crippen molar-refractivity contribution in [3.8, 4) is 5.75 Å². The van der Waals surface area contributed by atoms with E-state index in [1.165, 1.54) is 18.9 Å². The largest absolute Gasteiger partial charge is 0.483 e. The molecule has 1 atom stereocenters. The fraction of sp³-hybridized carbons (Fsp3) is 0.522. The summed E-state index contributed by atoms with van der Waals surface area (Å²) < 4.78 is 5.76. The van der Waals surface area contributed by atoms with Gasteiger partial charge >= 0.3 is 5.97 Å². The Morgan fingerprint density at radius 3 is 2.41 bits per heavy atom. The van der Waals surface area contributed by atoms with Gasteiger partial charge in [-0.15, -0.1) is 0 Å². The van der Waals surface area contributed by atoms with Crippen molar-refractivity contribution in [2.75, 3.05) is 0 Å². The second kappa shape index (κ2) is 10.2. The lowest BCUT2D eigenvalue weighted by Gasteiger charge is -2.21. The van der Waals surface area contributed by atoms with Gasteiger partial charge in [0.2, 0.25) is 5.91 Å². The lowest BCUT2D eigenvalue weighted by Crippen LogP contribution is -2.30. The van der Waals surface area contributed by atoms with Crippen LogP contribution in [0.4, 0.5) is 0 Å². The minimum Gasteiger partial charge on any atom is -0.483 e. The fourth-order valence-electron chi connectivity index (χ4n) is 4.05. The number of Topliss-reactive ketones (excluding diaryl/α,β-unsaturated/α-hetero) is 1. The number of nitrogens with one attached hydrogen (secondary N) is 1. The normalized spacial score (nSPS) is 20.5. The van der Waals surface area contributed by atoms with E-state index in [1.54, 1.807) is 24.3 Å². The standard InChI is InChI=1S/C23H29NO5/c25-20-7-3-4-8-21(20)29-18-12-9-17(10-13-18)15-19(23(27)28)24-22(26)14-11-16-5-1-2-6-16/h9-10,12-13,15-16,21H,1-8,11,14H2,(H,24,26)(H,27,28). The van der Waals surface area contributed by atoms with Gasteiger partial charge in [0, 0.05) is 12.8 Å². The molecule has 1 aromatic carbocycles. The Balaban J connectivity index is 1.57. The summed E-state index contributed by atoms with van der Waals surface area (Å²) in [7, 11) is 0. The van der Waals surface area contributed by atoms with Gasteiger partial charge in [-0.05, 0) is 55.4 Å². The van der Waals surface area contributed by atoms with E-state index in [9.17, 15) is 19.5 Å². The molecule has 0 saturated heterocycles. The van der Waals surface area contributed by atoms with Gasteiger partial charge in [-0.2, -0.15) is 0 Å². The summed E-state index contributed by atoms with van der Waals surface area (Å²) in [4.78, 5) is 35.6. The van der Waals surface area contributed by atoms with Gasteiger partial charge in [-0.1, -0.05) is 37.8 Å². The van der Waals surface area contributed by atoms with Gasteiger partial charge in [-0.3, -0.25) is 9.59 Å². The Morgan fingerprint density at radius 1 is 1.07 bits per heavy atom. The van der Waals surface area contributed by atoms with E-state index in [2.05, 4.69) is 5.32 Å². The van der Waals surface area contributed by atoms with Crippen LogP contribution in [-0.4, -0.2) is 28.9 Å². The number of hydrogen-bond donors (Lipinski definition) is 2. The monoisotopic (exact) mass is 399 g/mol. The molecular formula is C23H29NO5. The number of ether oxygens (including phenoxy) is 1. The number of carboxylic acid groups (broad SMARTS) is 1. The van der Waals surface area contributed by atoms with Gasteiger partial charge in [0.1, 0.15) is 11.4 Å². The number of aliphatic carboxylic acids is 1. The molecule has 156 valence electrons. The topological polar surface area (TPSA) is 92.7 Å². The maximum absolute atomic E-state index is 12.1. The minimum absolute atomic E-state index is 0.133. The number of carbonyl (C=O) groups excluding carboxylic acids is 2. The highest BCUT2D eigenvalue weighted by Crippen LogP contribution is 2.28. The minimum atomic E-state index is -1.17. The maximum atomic E-state index is 12.1. The highest BCUT2D eigenvalue weighted by atomic mass is 16.5. The molecular weight excluding hydrogens is 370 g/mol. The lowest BCUT2D eigenvalue weighted by atomic mass is 9.96. The van der Waals surface area contributed by atoms with E-state index in [0.717, 1.165) is 38.5 Å². The van der Waals surface area contributed by atoms with Crippen molar-refractivity contribution in [2.24, 2.45) is 5.92 Å². The Hall–Kier alpha value is -2.63. The van der Waals surface area contributed by atoms with Crippen LogP contribution in [-0.2, 0) is 14.4 Å². The van der Waals surface area contributed by atoms with Crippen molar-refractivity contribution in [3.63, 3.8) is 0 Å². The van der Waals surface area contributed by atoms with Crippen LogP contribution in [0.2, 0.25) is 0 Å². The van der Waals surface area contributed by atoms with E-state index in [1.807, 2.05) is 0 Å². The molecule has 2 aliphatic rings. The molecule has 2 fully saturated rings. The quantitative estimate of drug-likeness (QED) is 0.642. The van der Waals surface area contributed by atoms with Crippen LogP contribution >= 0.6 is 0 Å². The number of carboxylic acids is 1. The predicted octanol–water partition coefficient (Wildman–Crippen LogP) is 4.09. The summed E-state index contributed by atoms with van der Waals surface area (Å²) >= 11 is 0. The molecule has 1 unspecified atom stereocenters. The first-order chi connectivity index (χ1) is 14.0. The molecule has 0 heterocycles. The first kappa shape index (κ1) is 21.1. The van der Waals surface area contributed by atoms with Crippen LogP contribution < -0.4 is 10.1 Å². The van der Waals surface area contributed by atoms with Crippen molar-refractivity contribution in [1.29, 1.82) is 0 Å². The number of rotatable bonds is 8. The summed E-state index contributed by atoms with van der Waals surface area (Å²) in [6, 6.07) is 6.87. The fourth-order valence-corrected chi connectivity index (χ4v) is 4.05. The number of amides is 1. The van der Waals surface area contributed by atoms with Crippen LogP contribution in [0.1, 0.15) is 69.8 Å². The van der Waals surface area contributed by atoms with Gasteiger partial charge in [-0.25, -0.2) is 4.79 Å². The second-order valence-electron chi connectivity index (χ2n) is 7.99. The van der Waals surface area contributed by atoms with Gasteiger partial charge in [0.25, 0.3) is 0 Å². The van der Waals surface area contributed by atoms with Crippen molar-refractivity contribution in [2.45, 2.75) is 70.3 Å². The summed E-state index contributed by atoms with van der Waals surface area (Å²) in [5.41, 5.74) is 0.498. The number of hydrogen-bond acceptors (Lipinski definition) is 4. The molecule has 1 amide bonds. The Kier molecular flexibility index (Phi) is 7.44. The number of ketones is 1. The third kappa shape index (κ3) is 6.44. The molecule has 3 rings (SSSR count). The summed E-state index contributed by atoms with van der Waals surface area (Å²) in [5.74, 6) is -0.135. The number of carbonyl (C=O) groups is 3. The smallest absolute Gasteiger partial charge is 0.352 e. The molecule has 0 bridgehead atoms. The van der Waals surface area contributed by atoms with Gasteiger partial charge in [0.05, 0.1) is 0 Å². The van der Waals surface area contributed by atoms with Crippen LogP contribution in [0.3, 0.4) is 0 Å². The molecule has 1 aromatic rings. The lowest BCUT2D eigenvalue weighted by molar-refractivity contribution is -0.134.